The molecule has 2 aromatic heterocycles. The molecule has 0 radical (unpaired) electrons. The lowest BCUT2D eigenvalue weighted by Gasteiger charge is -2.14. The van der Waals surface area contributed by atoms with Gasteiger partial charge in [0.15, 0.2) is 0 Å². The lowest BCUT2D eigenvalue weighted by atomic mass is 10.2. The van der Waals surface area contributed by atoms with Crippen LogP contribution in [-0.4, -0.2) is 35.3 Å². The highest BCUT2D eigenvalue weighted by molar-refractivity contribution is 7.23. The second-order valence-electron chi connectivity index (χ2n) is 6.22. The Morgan fingerprint density at radius 3 is 2.80 bits per heavy atom. The van der Waals surface area contributed by atoms with Gasteiger partial charge in [-0.25, -0.2) is 4.98 Å². The second kappa shape index (κ2) is 9.78. The lowest BCUT2D eigenvalue weighted by Crippen LogP contribution is -2.36. The molecule has 0 aliphatic heterocycles. The summed E-state index contributed by atoms with van der Waals surface area (Å²) in [5.41, 5.74) is -0.248. The Balaban J connectivity index is 1.43. The second-order valence-corrected chi connectivity index (χ2v) is 8.79. The fourth-order valence-electron chi connectivity index (χ4n) is 2.40. The third kappa shape index (κ3) is 6.43. The van der Waals surface area contributed by atoms with E-state index >= 15 is 0 Å². The van der Waals surface area contributed by atoms with Crippen LogP contribution in [0, 0.1) is 0 Å². The van der Waals surface area contributed by atoms with E-state index in [2.05, 4.69) is 10.3 Å². The van der Waals surface area contributed by atoms with Crippen molar-refractivity contribution in [3.05, 3.63) is 57.4 Å². The van der Waals surface area contributed by atoms with Gasteiger partial charge in [-0.15, -0.1) is 22.7 Å². The summed E-state index contributed by atoms with van der Waals surface area (Å²) >= 11 is 8.71. The zero-order chi connectivity index (χ0) is 21.7. The summed E-state index contributed by atoms with van der Waals surface area (Å²) < 4.78 is 43.9. The number of halogens is 4. The van der Waals surface area contributed by atoms with E-state index in [4.69, 9.17) is 16.3 Å². The SMILES string of the molecule is O=C(Cc1csc(-c2ccc(Cl)s2)n1)NCC(O)COc1cccc(C(F)(F)F)c1. The van der Waals surface area contributed by atoms with E-state index in [0.717, 1.165) is 22.0 Å². The van der Waals surface area contributed by atoms with Crippen molar-refractivity contribution in [2.75, 3.05) is 13.2 Å². The molecule has 1 aromatic carbocycles. The number of hydrogen-bond acceptors (Lipinski definition) is 6. The minimum absolute atomic E-state index is 0.0149. The first-order valence-corrected chi connectivity index (χ1v) is 10.7. The summed E-state index contributed by atoms with van der Waals surface area (Å²) in [6.45, 7) is -0.364. The topological polar surface area (TPSA) is 71.5 Å². The summed E-state index contributed by atoms with van der Waals surface area (Å²) in [5.74, 6) is -0.354. The molecule has 160 valence electrons. The van der Waals surface area contributed by atoms with Crippen molar-refractivity contribution in [1.29, 1.82) is 0 Å². The number of aromatic nitrogens is 1. The number of carbonyl (C=O) groups is 1. The van der Waals surface area contributed by atoms with E-state index in [1.165, 1.54) is 34.8 Å². The number of ether oxygens (including phenoxy) is 1. The van der Waals surface area contributed by atoms with E-state index in [9.17, 15) is 23.1 Å². The normalized spacial score (nSPS) is 12.6. The van der Waals surface area contributed by atoms with Crippen LogP contribution in [0.2, 0.25) is 4.34 Å². The largest absolute Gasteiger partial charge is 0.491 e. The maximum absolute atomic E-state index is 12.7. The molecule has 5 nitrogen and oxygen atoms in total. The number of aliphatic hydroxyl groups excluding tert-OH is 1. The Labute approximate surface area is 183 Å². The molecule has 0 aliphatic carbocycles. The summed E-state index contributed by atoms with van der Waals surface area (Å²) in [6, 6.07) is 8.00. The van der Waals surface area contributed by atoms with E-state index in [-0.39, 0.29) is 31.2 Å². The Bertz CT molecular complexity index is 1010. The number of thiazole rings is 1. The van der Waals surface area contributed by atoms with Crippen molar-refractivity contribution in [2.24, 2.45) is 0 Å². The molecular formula is C19H16ClF3N2O3S2. The Hall–Kier alpha value is -2.14. The minimum Gasteiger partial charge on any atom is -0.491 e. The molecule has 0 fully saturated rings. The van der Waals surface area contributed by atoms with Gasteiger partial charge in [0.1, 0.15) is 23.5 Å². The summed E-state index contributed by atoms with van der Waals surface area (Å²) in [6.07, 6.45) is -5.52. The molecule has 1 atom stereocenters. The first-order chi connectivity index (χ1) is 14.2. The van der Waals surface area contributed by atoms with E-state index in [1.54, 1.807) is 11.4 Å². The van der Waals surface area contributed by atoms with Crippen LogP contribution in [0.1, 0.15) is 11.3 Å². The standard InChI is InChI=1S/C19H16ClF3N2O3S2/c20-16-5-4-15(30-16)18-25-12(10-29-18)7-17(27)24-8-13(26)9-28-14-3-1-2-11(6-14)19(21,22)23/h1-6,10,13,26H,7-9H2,(H,24,27). The van der Waals surface area contributed by atoms with Crippen LogP contribution >= 0.6 is 34.3 Å². The Morgan fingerprint density at radius 2 is 2.10 bits per heavy atom. The van der Waals surface area contributed by atoms with Crippen LogP contribution in [0.5, 0.6) is 5.75 Å². The molecule has 0 bridgehead atoms. The van der Waals surface area contributed by atoms with Gasteiger partial charge in [-0.3, -0.25) is 4.79 Å². The molecule has 2 N–H and O–H groups in total. The van der Waals surface area contributed by atoms with E-state index in [0.29, 0.717) is 10.0 Å². The number of alkyl halides is 3. The van der Waals surface area contributed by atoms with Gasteiger partial charge in [0.2, 0.25) is 5.91 Å². The highest BCUT2D eigenvalue weighted by atomic mass is 35.5. The van der Waals surface area contributed by atoms with Gasteiger partial charge in [-0.05, 0) is 30.3 Å². The molecule has 3 aromatic rings. The van der Waals surface area contributed by atoms with Crippen molar-refractivity contribution >= 4 is 40.2 Å². The van der Waals surface area contributed by atoms with Crippen molar-refractivity contribution in [1.82, 2.24) is 10.3 Å². The maximum atomic E-state index is 12.7. The zero-order valence-electron chi connectivity index (χ0n) is 15.3. The molecule has 3 rings (SSSR count). The number of rotatable bonds is 8. The summed E-state index contributed by atoms with van der Waals surface area (Å²) in [4.78, 5) is 17.4. The van der Waals surface area contributed by atoms with Crippen molar-refractivity contribution in [3.63, 3.8) is 0 Å². The molecule has 11 heteroatoms. The third-order valence-electron chi connectivity index (χ3n) is 3.82. The first kappa shape index (κ1) is 22.5. The summed E-state index contributed by atoms with van der Waals surface area (Å²) in [5, 5.41) is 15.0. The Morgan fingerprint density at radius 1 is 1.30 bits per heavy atom. The monoisotopic (exact) mass is 476 g/mol. The molecule has 1 amide bonds. The number of nitrogens with one attached hydrogen (secondary N) is 1. The lowest BCUT2D eigenvalue weighted by molar-refractivity contribution is -0.137. The van der Waals surface area contributed by atoms with Crippen molar-refractivity contribution in [2.45, 2.75) is 18.7 Å². The fraction of sp³-hybridized carbons (Fsp3) is 0.263. The number of amides is 1. The number of nitrogens with zero attached hydrogens (tertiary/aromatic N) is 1. The van der Waals surface area contributed by atoms with E-state index in [1.807, 2.05) is 6.07 Å². The van der Waals surface area contributed by atoms with Gasteiger partial charge >= 0.3 is 6.18 Å². The molecule has 0 aliphatic rings. The van der Waals surface area contributed by atoms with Gasteiger partial charge < -0.3 is 15.2 Å². The number of aliphatic hydroxyl groups is 1. The molecule has 0 spiro atoms. The van der Waals surface area contributed by atoms with Gasteiger partial charge in [0.05, 0.1) is 26.9 Å². The van der Waals surface area contributed by atoms with Gasteiger partial charge in [0, 0.05) is 11.9 Å². The molecule has 2 heterocycles. The number of benzene rings is 1. The van der Waals surface area contributed by atoms with Crippen molar-refractivity contribution < 1.29 is 27.8 Å². The molecule has 30 heavy (non-hydrogen) atoms. The Kier molecular flexibility index (Phi) is 7.35. The third-order valence-corrected chi connectivity index (χ3v) is 6.11. The highest BCUT2D eigenvalue weighted by Gasteiger charge is 2.30. The van der Waals surface area contributed by atoms with Gasteiger partial charge in [-0.1, -0.05) is 17.7 Å². The van der Waals surface area contributed by atoms with Crippen LogP contribution in [0.25, 0.3) is 9.88 Å². The minimum atomic E-state index is -4.47. The highest BCUT2D eigenvalue weighted by Crippen LogP contribution is 2.33. The predicted octanol–water partition coefficient (Wildman–Crippen LogP) is 4.64. The van der Waals surface area contributed by atoms with Crippen LogP contribution < -0.4 is 10.1 Å². The van der Waals surface area contributed by atoms with Crippen LogP contribution in [0.4, 0.5) is 13.2 Å². The van der Waals surface area contributed by atoms with Gasteiger partial charge in [-0.2, -0.15) is 13.2 Å². The number of carbonyl (C=O) groups excluding carboxylic acids is 1. The predicted molar refractivity (Wildman–Crippen MR) is 110 cm³/mol. The van der Waals surface area contributed by atoms with Crippen LogP contribution in [0.15, 0.2) is 41.8 Å². The number of thiophene rings is 1. The maximum Gasteiger partial charge on any atom is 0.416 e. The van der Waals surface area contributed by atoms with Crippen LogP contribution in [0.3, 0.4) is 0 Å². The van der Waals surface area contributed by atoms with Crippen LogP contribution in [-0.2, 0) is 17.4 Å². The quantitative estimate of drug-likeness (QED) is 0.497. The molecular weight excluding hydrogens is 461 g/mol. The average molecular weight is 477 g/mol. The molecule has 0 saturated heterocycles. The fourth-order valence-corrected chi connectivity index (χ4v) is 4.34. The number of hydrogen-bond donors (Lipinski definition) is 2. The van der Waals surface area contributed by atoms with Crippen molar-refractivity contribution in [3.8, 4) is 15.6 Å². The summed E-state index contributed by atoms with van der Waals surface area (Å²) in [7, 11) is 0. The average Bonchev–Trinajstić information content (AvgIpc) is 3.33. The molecule has 1 unspecified atom stereocenters. The molecule has 0 saturated carbocycles. The smallest absolute Gasteiger partial charge is 0.416 e. The van der Waals surface area contributed by atoms with E-state index < -0.39 is 17.8 Å². The first-order valence-electron chi connectivity index (χ1n) is 8.65. The zero-order valence-corrected chi connectivity index (χ0v) is 17.7. The van der Waals surface area contributed by atoms with Gasteiger partial charge in [0.25, 0.3) is 0 Å².